The first-order valence-corrected chi connectivity index (χ1v) is 7.00. The standard InChI is InChI=1S/C14H17NO2S/c1-9-6-10(2)13(11(3)7-9)12(16)8-15-4-5-18-14(15)17/h6-7H,4-5,8H2,1-3H3. The maximum absolute atomic E-state index is 12.3. The lowest BCUT2D eigenvalue weighted by Crippen LogP contribution is -2.30. The Morgan fingerprint density at radius 1 is 1.28 bits per heavy atom. The van der Waals surface area contributed by atoms with Crippen molar-refractivity contribution < 1.29 is 9.59 Å². The van der Waals surface area contributed by atoms with E-state index in [1.807, 2.05) is 32.9 Å². The largest absolute Gasteiger partial charge is 0.325 e. The highest BCUT2D eigenvalue weighted by Crippen LogP contribution is 2.21. The lowest BCUT2D eigenvalue weighted by Gasteiger charge is -2.16. The molecule has 1 aromatic rings. The van der Waals surface area contributed by atoms with Crippen LogP contribution in [0.3, 0.4) is 0 Å². The molecule has 1 saturated heterocycles. The van der Waals surface area contributed by atoms with E-state index < -0.39 is 0 Å². The Labute approximate surface area is 112 Å². The van der Waals surface area contributed by atoms with Crippen molar-refractivity contribution in [1.29, 1.82) is 0 Å². The maximum Gasteiger partial charge on any atom is 0.282 e. The van der Waals surface area contributed by atoms with Crippen LogP contribution in [0.1, 0.15) is 27.0 Å². The molecule has 1 heterocycles. The van der Waals surface area contributed by atoms with Gasteiger partial charge in [-0.3, -0.25) is 9.59 Å². The summed E-state index contributed by atoms with van der Waals surface area (Å²) >= 11 is 1.29. The molecule has 0 N–H and O–H groups in total. The van der Waals surface area contributed by atoms with Gasteiger partial charge in [0.2, 0.25) is 0 Å². The van der Waals surface area contributed by atoms with Gasteiger partial charge >= 0.3 is 0 Å². The van der Waals surface area contributed by atoms with Crippen LogP contribution in [0.5, 0.6) is 0 Å². The number of rotatable bonds is 3. The number of Topliss-reactive ketones (excluding diaryl/α,β-unsaturated/α-hetero) is 1. The minimum Gasteiger partial charge on any atom is -0.325 e. The van der Waals surface area contributed by atoms with Gasteiger partial charge in [-0.2, -0.15) is 0 Å². The van der Waals surface area contributed by atoms with E-state index in [-0.39, 0.29) is 17.6 Å². The minimum atomic E-state index is 0.0192. The molecule has 0 bridgehead atoms. The predicted molar refractivity (Wildman–Crippen MR) is 74.4 cm³/mol. The van der Waals surface area contributed by atoms with Gasteiger partial charge < -0.3 is 4.90 Å². The maximum atomic E-state index is 12.3. The van der Waals surface area contributed by atoms with E-state index in [0.29, 0.717) is 6.54 Å². The van der Waals surface area contributed by atoms with Crippen molar-refractivity contribution in [2.75, 3.05) is 18.8 Å². The monoisotopic (exact) mass is 263 g/mol. The number of carbonyl (C=O) groups is 2. The molecule has 1 aromatic carbocycles. The summed E-state index contributed by atoms with van der Waals surface area (Å²) in [6.07, 6.45) is 0. The van der Waals surface area contributed by atoms with E-state index in [0.717, 1.165) is 28.0 Å². The van der Waals surface area contributed by atoms with Crippen LogP contribution in [-0.2, 0) is 0 Å². The number of hydrogen-bond donors (Lipinski definition) is 0. The zero-order chi connectivity index (χ0) is 13.3. The highest BCUT2D eigenvalue weighted by atomic mass is 32.2. The molecule has 1 fully saturated rings. The Balaban J connectivity index is 2.21. The van der Waals surface area contributed by atoms with Gasteiger partial charge in [-0.25, -0.2) is 0 Å². The Bertz CT molecular complexity index is 488. The second-order valence-corrected chi connectivity index (χ2v) is 5.78. The van der Waals surface area contributed by atoms with Crippen molar-refractivity contribution in [3.05, 3.63) is 34.4 Å². The third-order valence-electron chi connectivity index (χ3n) is 3.14. The molecule has 18 heavy (non-hydrogen) atoms. The quantitative estimate of drug-likeness (QED) is 0.787. The Morgan fingerprint density at radius 3 is 2.39 bits per heavy atom. The summed E-state index contributed by atoms with van der Waals surface area (Å²) in [4.78, 5) is 25.4. The summed E-state index contributed by atoms with van der Waals surface area (Å²) in [5.41, 5.74) is 3.92. The number of aryl methyl sites for hydroxylation is 3. The third-order valence-corrected chi connectivity index (χ3v) is 4.03. The van der Waals surface area contributed by atoms with Crippen LogP contribution in [0.25, 0.3) is 0 Å². The van der Waals surface area contributed by atoms with E-state index in [2.05, 4.69) is 0 Å². The lowest BCUT2D eigenvalue weighted by molar-refractivity contribution is 0.0955. The van der Waals surface area contributed by atoms with Crippen LogP contribution in [-0.4, -0.2) is 34.8 Å². The van der Waals surface area contributed by atoms with Crippen molar-refractivity contribution >= 4 is 22.8 Å². The van der Waals surface area contributed by atoms with E-state index in [1.54, 1.807) is 4.90 Å². The van der Waals surface area contributed by atoms with Gasteiger partial charge in [0.25, 0.3) is 5.24 Å². The van der Waals surface area contributed by atoms with Crippen LogP contribution in [0.15, 0.2) is 12.1 Å². The second-order valence-electron chi connectivity index (χ2n) is 4.73. The molecule has 0 aromatic heterocycles. The average molecular weight is 263 g/mol. The SMILES string of the molecule is Cc1cc(C)c(C(=O)CN2CCSC2=O)c(C)c1. The summed E-state index contributed by atoms with van der Waals surface area (Å²) in [5.74, 6) is 0.832. The zero-order valence-electron chi connectivity index (χ0n) is 10.9. The van der Waals surface area contributed by atoms with Gasteiger partial charge in [0.1, 0.15) is 0 Å². The van der Waals surface area contributed by atoms with E-state index in [9.17, 15) is 9.59 Å². The third kappa shape index (κ3) is 2.58. The predicted octanol–water partition coefficient (Wildman–Crippen LogP) is 2.96. The fourth-order valence-electron chi connectivity index (χ4n) is 2.44. The summed E-state index contributed by atoms with van der Waals surface area (Å²) in [7, 11) is 0. The van der Waals surface area contributed by atoms with Crippen LogP contribution >= 0.6 is 11.8 Å². The molecule has 0 saturated carbocycles. The van der Waals surface area contributed by atoms with E-state index in [4.69, 9.17) is 0 Å². The summed E-state index contributed by atoms with van der Waals surface area (Å²) in [5, 5.41) is 0.0192. The first-order chi connectivity index (χ1) is 8.49. The normalized spacial score (nSPS) is 15.3. The molecule has 0 unspecified atom stereocenters. The molecular formula is C14H17NO2S. The Hall–Kier alpha value is -1.29. The van der Waals surface area contributed by atoms with Crippen molar-refractivity contribution in [1.82, 2.24) is 4.90 Å². The number of benzene rings is 1. The topological polar surface area (TPSA) is 37.4 Å². The summed E-state index contributed by atoms with van der Waals surface area (Å²) in [6, 6.07) is 4.03. The number of carbonyl (C=O) groups excluding carboxylic acids is 2. The Kier molecular flexibility index (Phi) is 3.76. The zero-order valence-corrected chi connectivity index (χ0v) is 11.8. The molecule has 0 atom stereocenters. The smallest absolute Gasteiger partial charge is 0.282 e. The number of hydrogen-bond acceptors (Lipinski definition) is 3. The van der Waals surface area contributed by atoms with Crippen LogP contribution < -0.4 is 0 Å². The molecule has 4 heteroatoms. The van der Waals surface area contributed by atoms with Crippen LogP contribution in [0.4, 0.5) is 4.79 Å². The van der Waals surface area contributed by atoms with Gasteiger partial charge in [0.15, 0.2) is 5.78 Å². The van der Waals surface area contributed by atoms with E-state index >= 15 is 0 Å². The van der Waals surface area contributed by atoms with E-state index in [1.165, 1.54) is 11.8 Å². The van der Waals surface area contributed by atoms with Gasteiger partial charge in [-0.05, 0) is 31.9 Å². The molecule has 0 aliphatic carbocycles. The lowest BCUT2D eigenvalue weighted by atomic mass is 9.96. The Morgan fingerprint density at radius 2 is 1.89 bits per heavy atom. The molecule has 96 valence electrons. The van der Waals surface area contributed by atoms with Gasteiger partial charge in [-0.15, -0.1) is 0 Å². The van der Waals surface area contributed by atoms with Crippen molar-refractivity contribution in [3.63, 3.8) is 0 Å². The highest BCUT2D eigenvalue weighted by molar-refractivity contribution is 8.13. The van der Waals surface area contributed by atoms with Crippen molar-refractivity contribution in [2.45, 2.75) is 20.8 Å². The molecular weight excluding hydrogens is 246 g/mol. The fraction of sp³-hybridized carbons (Fsp3) is 0.429. The number of nitrogens with zero attached hydrogens (tertiary/aromatic N) is 1. The minimum absolute atomic E-state index is 0.0192. The van der Waals surface area contributed by atoms with Gasteiger partial charge in [-0.1, -0.05) is 29.5 Å². The molecule has 0 radical (unpaired) electrons. The highest BCUT2D eigenvalue weighted by Gasteiger charge is 2.24. The van der Waals surface area contributed by atoms with Gasteiger partial charge in [0, 0.05) is 17.9 Å². The first-order valence-electron chi connectivity index (χ1n) is 6.02. The summed E-state index contributed by atoms with van der Waals surface area (Å²) in [6.45, 7) is 6.81. The van der Waals surface area contributed by atoms with Crippen LogP contribution in [0, 0.1) is 20.8 Å². The number of thioether (sulfide) groups is 1. The summed E-state index contributed by atoms with van der Waals surface area (Å²) < 4.78 is 0. The average Bonchev–Trinajstić information content (AvgIpc) is 2.62. The number of ketones is 1. The second kappa shape index (κ2) is 5.14. The van der Waals surface area contributed by atoms with Crippen molar-refractivity contribution in [2.24, 2.45) is 0 Å². The van der Waals surface area contributed by atoms with Crippen molar-refractivity contribution in [3.8, 4) is 0 Å². The molecule has 0 spiro atoms. The fourth-order valence-corrected chi connectivity index (χ4v) is 3.27. The number of amides is 1. The molecule has 2 rings (SSSR count). The van der Waals surface area contributed by atoms with Crippen LogP contribution in [0.2, 0.25) is 0 Å². The molecule has 1 aliphatic heterocycles. The molecule has 1 amide bonds. The van der Waals surface area contributed by atoms with Gasteiger partial charge in [0.05, 0.1) is 6.54 Å². The molecule has 3 nitrogen and oxygen atoms in total. The first kappa shape index (κ1) is 13.1. The molecule has 1 aliphatic rings.